The second-order valence-electron chi connectivity index (χ2n) is 3.27. The van der Waals surface area contributed by atoms with E-state index in [1.807, 2.05) is 0 Å². The second kappa shape index (κ2) is 6.21. The monoisotopic (exact) mass is 245 g/mol. The molecule has 18 heavy (non-hydrogen) atoms. The zero-order valence-electron chi connectivity index (χ0n) is 9.97. The first-order valence-corrected chi connectivity index (χ1v) is 5.01. The van der Waals surface area contributed by atoms with Crippen LogP contribution in [0.15, 0.2) is 29.8 Å². The molecule has 0 amide bonds. The topological polar surface area (TPSA) is 76.4 Å². The molecule has 1 aromatic rings. The van der Waals surface area contributed by atoms with E-state index in [2.05, 4.69) is 9.47 Å². The van der Waals surface area contributed by atoms with Gasteiger partial charge in [0, 0.05) is 0 Å². The number of nitriles is 1. The smallest absolute Gasteiger partial charge is 0.348 e. The molecule has 0 bridgehead atoms. The van der Waals surface area contributed by atoms with E-state index in [0.29, 0.717) is 11.1 Å². The van der Waals surface area contributed by atoms with Crippen LogP contribution < -0.4 is 0 Å². The molecule has 1 rings (SSSR count). The zero-order valence-corrected chi connectivity index (χ0v) is 9.97. The summed E-state index contributed by atoms with van der Waals surface area (Å²) in [5.41, 5.74) is 0.902. The van der Waals surface area contributed by atoms with Crippen LogP contribution in [-0.4, -0.2) is 26.2 Å². The van der Waals surface area contributed by atoms with Crippen LogP contribution >= 0.6 is 0 Å². The summed E-state index contributed by atoms with van der Waals surface area (Å²) in [5.74, 6) is -1.14. The maximum atomic E-state index is 11.2. The van der Waals surface area contributed by atoms with Gasteiger partial charge in [0.15, 0.2) is 0 Å². The van der Waals surface area contributed by atoms with Gasteiger partial charge in [0.1, 0.15) is 11.6 Å². The molecule has 0 aliphatic carbocycles. The molecule has 0 N–H and O–H groups in total. The third kappa shape index (κ3) is 3.19. The van der Waals surface area contributed by atoms with Crippen LogP contribution in [0, 0.1) is 11.3 Å². The average Bonchev–Trinajstić information content (AvgIpc) is 2.43. The van der Waals surface area contributed by atoms with Gasteiger partial charge in [-0.25, -0.2) is 9.59 Å². The molecule has 0 heterocycles. The number of hydrogen-bond acceptors (Lipinski definition) is 5. The lowest BCUT2D eigenvalue weighted by Gasteiger charge is -2.00. The Kier molecular flexibility index (Phi) is 4.64. The van der Waals surface area contributed by atoms with Gasteiger partial charge in [-0.15, -0.1) is 0 Å². The van der Waals surface area contributed by atoms with Crippen molar-refractivity contribution in [3.05, 3.63) is 41.0 Å². The molecule has 92 valence electrons. The molecule has 0 radical (unpaired) electrons. The number of carbonyl (C=O) groups excluding carboxylic acids is 2. The summed E-state index contributed by atoms with van der Waals surface area (Å²) < 4.78 is 9.00. The molecule has 0 aliphatic heterocycles. The summed E-state index contributed by atoms with van der Waals surface area (Å²) in [4.78, 5) is 22.4. The van der Waals surface area contributed by atoms with Crippen LogP contribution in [0.2, 0.25) is 0 Å². The van der Waals surface area contributed by atoms with Gasteiger partial charge in [-0.1, -0.05) is 12.1 Å². The number of hydrogen-bond donors (Lipinski definition) is 0. The minimum atomic E-state index is -0.699. The van der Waals surface area contributed by atoms with Gasteiger partial charge >= 0.3 is 11.9 Å². The SMILES string of the molecule is COC(=O)C(C#N)=Cc1ccc(C(=O)OC)cc1. The van der Waals surface area contributed by atoms with Crippen molar-refractivity contribution >= 4 is 18.0 Å². The highest BCUT2D eigenvalue weighted by molar-refractivity contribution is 5.98. The maximum Gasteiger partial charge on any atom is 0.348 e. The van der Waals surface area contributed by atoms with Gasteiger partial charge in [-0.2, -0.15) is 5.26 Å². The van der Waals surface area contributed by atoms with Crippen molar-refractivity contribution in [2.75, 3.05) is 14.2 Å². The minimum absolute atomic E-state index is 0.108. The Bertz CT molecular complexity index is 523. The number of nitrogens with zero attached hydrogens (tertiary/aromatic N) is 1. The van der Waals surface area contributed by atoms with Gasteiger partial charge in [-0.3, -0.25) is 0 Å². The van der Waals surface area contributed by atoms with Crippen LogP contribution in [0.5, 0.6) is 0 Å². The quantitative estimate of drug-likeness (QED) is 0.458. The Labute approximate surface area is 104 Å². The van der Waals surface area contributed by atoms with Crippen LogP contribution in [0.25, 0.3) is 6.08 Å². The van der Waals surface area contributed by atoms with Crippen molar-refractivity contribution in [3.63, 3.8) is 0 Å². The summed E-state index contributed by atoms with van der Waals surface area (Å²) in [7, 11) is 2.50. The molecule has 0 atom stereocenters. The molecule has 0 aliphatic rings. The van der Waals surface area contributed by atoms with Gasteiger partial charge < -0.3 is 9.47 Å². The van der Waals surface area contributed by atoms with Crippen LogP contribution in [0.3, 0.4) is 0 Å². The van der Waals surface area contributed by atoms with Crippen LogP contribution in [0.1, 0.15) is 15.9 Å². The van der Waals surface area contributed by atoms with Gasteiger partial charge in [0.05, 0.1) is 19.8 Å². The molecule has 0 saturated carbocycles. The average molecular weight is 245 g/mol. The fourth-order valence-electron chi connectivity index (χ4n) is 1.25. The highest BCUT2D eigenvalue weighted by Gasteiger charge is 2.09. The van der Waals surface area contributed by atoms with Crippen molar-refractivity contribution in [3.8, 4) is 6.07 Å². The second-order valence-corrected chi connectivity index (χ2v) is 3.27. The largest absolute Gasteiger partial charge is 0.465 e. The van der Waals surface area contributed by atoms with Gasteiger partial charge in [0.2, 0.25) is 0 Å². The number of methoxy groups -OCH3 is 2. The third-order valence-electron chi connectivity index (χ3n) is 2.17. The Morgan fingerprint density at radius 1 is 1.17 bits per heavy atom. The van der Waals surface area contributed by atoms with Crippen molar-refractivity contribution < 1.29 is 19.1 Å². The van der Waals surface area contributed by atoms with E-state index in [1.165, 1.54) is 20.3 Å². The molecule has 0 spiro atoms. The number of ether oxygens (including phenoxy) is 2. The first-order chi connectivity index (χ1) is 8.62. The van der Waals surface area contributed by atoms with Crippen molar-refractivity contribution in [2.24, 2.45) is 0 Å². The first-order valence-electron chi connectivity index (χ1n) is 5.01. The highest BCUT2D eigenvalue weighted by atomic mass is 16.5. The Hall–Kier alpha value is -2.61. The number of rotatable bonds is 3. The third-order valence-corrected chi connectivity index (χ3v) is 2.17. The summed E-state index contributed by atoms with van der Waals surface area (Å²) in [6.45, 7) is 0. The molecule has 0 aromatic heterocycles. The van der Waals surface area contributed by atoms with E-state index in [9.17, 15) is 9.59 Å². The van der Waals surface area contributed by atoms with Crippen molar-refractivity contribution in [2.45, 2.75) is 0 Å². The van der Waals surface area contributed by atoms with E-state index < -0.39 is 11.9 Å². The molecule has 0 unspecified atom stereocenters. The molecule has 1 aromatic carbocycles. The normalized spacial score (nSPS) is 10.4. The van der Waals surface area contributed by atoms with E-state index in [0.717, 1.165) is 0 Å². The molecule has 5 heteroatoms. The summed E-state index contributed by atoms with van der Waals surface area (Å²) in [6.07, 6.45) is 1.38. The Balaban J connectivity index is 2.99. The van der Waals surface area contributed by atoms with E-state index in [4.69, 9.17) is 5.26 Å². The summed E-state index contributed by atoms with van der Waals surface area (Å²) >= 11 is 0. The number of carbonyl (C=O) groups is 2. The predicted molar refractivity (Wildman–Crippen MR) is 63.4 cm³/mol. The lowest BCUT2D eigenvalue weighted by molar-refractivity contribution is -0.135. The van der Waals surface area contributed by atoms with Crippen molar-refractivity contribution in [1.82, 2.24) is 0 Å². The van der Waals surface area contributed by atoms with Gasteiger partial charge in [0.25, 0.3) is 0 Å². The standard InChI is InChI=1S/C13H11NO4/c1-17-12(15)10-5-3-9(4-6-10)7-11(8-14)13(16)18-2/h3-7H,1-2H3. The maximum absolute atomic E-state index is 11.2. The predicted octanol–water partition coefficient (Wildman–Crippen LogP) is 1.55. The minimum Gasteiger partial charge on any atom is -0.465 e. The van der Waals surface area contributed by atoms with E-state index in [1.54, 1.807) is 30.3 Å². The van der Waals surface area contributed by atoms with E-state index in [-0.39, 0.29) is 5.57 Å². The lowest BCUT2D eigenvalue weighted by Crippen LogP contribution is -2.03. The summed E-state index contributed by atoms with van der Waals surface area (Å²) in [5, 5.41) is 8.78. The summed E-state index contributed by atoms with van der Waals surface area (Å²) in [6, 6.07) is 8.04. The Morgan fingerprint density at radius 2 is 1.78 bits per heavy atom. The molecule has 0 saturated heterocycles. The molecular formula is C13H11NO4. The number of benzene rings is 1. The molecule has 0 fully saturated rings. The van der Waals surface area contributed by atoms with Crippen LogP contribution in [0.4, 0.5) is 0 Å². The molecule has 5 nitrogen and oxygen atoms in total. The van der Waals surface area contributed by atoms with Gasteiger partial charge in [-0.05, 0) is 23.8 Å². The Morgan fingerprint density at radius 3 is 2.22 bits per heavy atom. The molecular weight excluding hydrogens is 234 g/mol. The lowest BCUT2D eigenvalue weighted by atomic mass is 10.1. The fraction of sp³-hybridized carbons (Fsp3) is 0.154. The first kappa shape index (κ1) is 13.5. The highest BCUT2D eigenvalue weighted by Crippen LogP contribution is 2.10. The fourth-order valence-corrected chi connectivity index (χ4v) is 1.25. The van der Waals surface area contributed by atoms with E-state index >= 15 is 0 Å². The number of esters is 2. The van der Waals surface area contributed by atoms with Crippen LogP contribution in [-0.2, 0) is 14.3 Å². The van der Waals surface area contributed by atoms with Crippen molar-refractivity contribution in [1.29, 1.82) is 5.26 Å². The zero-order chi connectivity index (χ0) is 13.5.